The Morgan fingerprint density at radius 2 is 2.27 bits per heavy atom. The van der Waals surface area contributed by atoms with Gasteiger partial charge < -0.3 is 5.32 Å². The highest BCUT2D eigenvalue weighted by Gasteiger charge is 2.03. The standard InChI is InChI=1S/C8H9BrFN/c1-11-8(9)6-3-2-4-7(10)5-6/h2-5,8,11H,1H3. The Morgan fingerprint density at radius 3 is 2.82 bits per heavy atom. The van der Waals surface area contributed by atoms with Crippen LogP contribution in [0.1, 0.15) is 10.5 Å². The van der Waals surface area contributed by atoms with Crippen LogP contribution < -0.4 is 5.32 Å². The minimum Gasteiger partial charge on any atom is -0.304 e. The van der Waals surface area contributed by atoms with Gasteiger partial charge in [-0.1, -0.05) is 28.1 Å². The molecular formula is C8H9BrFN. The van der Waals surface area contributed by atoms with Crippen LogP contribution in [-0.4, -0.2) is 7.05 Å². The maximum absolute atomic E-state index is 12.6. The molecule has 0 radical (unpaired) electrons. The van der Waals surface area contributed by atoms with Crippen LogP contribution in [0.3, 0.4) is 0 Å². The van der Waals surface area contributed by atoms with Gasteiger partial charge in [0.25, 0.3) is 0 Å². The van der Waals surface area contributed by atoms with Crippen molar-refractivity contribution in [3.8, 4) is 0 Å². The number of alkyl halides is 1. The highest BCUT2D eigenvalue weighted by Crippen LogP contribution is 2.18. The van der Waals surface area contributed by atoms with Crippen LogP contribution in [-0.2, 0) is 0 Å². The van der Waals surface area contributed by atoms with Crippen LogP contribution in [0, 0.1) is 5.82 Å². The Bertz CT molecular complexity index is 239. The van der Waals surface area contributed by atoms with Crippen LogP contribution in [0.2, 0.25) is 0 Å². The fourth-order valence-electron chi connectivity index (χ4n) is 0.831. The molecule has 1 nitrogen and oxygen atoms in total. The first-order valence-corrected chi connectivity index (χ1v) is 4.22. The number of hydrogen-bond acceptors (Lipinski definition) is 1. The summed E-state index contributed by atoms with van der Waals surface area (Å²) in [5.41, 5.74) is 0.896. The molecule has 0 aliphatic rings. The summed E-state index contributed by atoms with van der Waals surface area (Å²) >= 11 is 3.34. The highest BCUT2D eigenvalue weighted by molar-refractivity contribution is 9.09. The van der Waals surface area contributed by atoms with E-state index in [1.807, 2.05) is 13.1 Å². The molecule has 1 atom stereocenters. The third-order valence-corrected chi connectivity index (χ3v) is 2.38. The predicted octanol–water partition coefficient (Wildman–Crippen LogP) is 2.44. The molecule has 1 unspecified atom stereocenters. The largest absolute Gasteiger partial charge is 0.304 e. The lowest BCUT2D eigenvalue weighted by Gasteiger charge is -2.07. The predicted molar refractivity (Wildman–Crippen MR) is 47.1 cm³/mol. The molecule has 0 aliphatic heterocycles. The first kappa shape index (κ1) is 8.68. The van der Waals surface area contributed by atoms with Gasteiger partial charge in [-0.25, -0.2) is 4.39 Å². The van der Waals surface area contributed by atoms with E-state index in [1.165, 1.54) is 12.1 Å². The van der Waals surface area contributed by atoms with Crippen molar-refractivity contribution < 1.29 is 4.39 Å². The third kappa shape index (κ3) is 2.27. The van der Waals surface area contributed by atoms with E-state index >= 15 is 0 Å². The Kier molecular flexibility index (Phi) is 3.02. The van der Waals surface area contributed by atoms with Gasteiger partial charge in [0, 0.05) is 0 Å². The van der Waals surface area contributed by atoms with Gasteiger partial charge in [-0.15, -0.1) is 0 Å². The summed E-state index contributed by atoms with van der Waals surface area (Å²) in [5.74, 6) is -0.206. The van der Waals surface area contributed by atoms with Gasteiger partial charge in [-0.05, 0) is 24.7 Å². The molecule has 11 heavy (non-hydrogen) atoms. The average molecular weight is 218 g/mol. The molecule has 0 amide bonds. The van der Waals surface area contributed by atoms with Gasteiger partial charge in [-0.3, -0.25) is 0 Å². The van der Waals surface area contributed by atoms with Gasteiger partial charge in [-0.2, -0.15) is 0 Å². The molecule has 0 bridgehead atoms. The molecule has 0 aliphatic carbocycles. The van der Waals surface area contributed by atoms with E-state index in [0.717, 1.165) is 5.56 Å². The number of benzene rings is 1. The smallest absolute Gasteiger partial charge is 0.123 e. The first-order valence-electron chi connectivity index (χ1n) is 3.31. The van der Waals surface area contributed by atoms with Gasteiger partial charge in [0.05, 0.1) is 4.95 Å². The van der Waals surface area contributed by atoms with Crippen molar-refractivity contribution in [3.05, 3.63) is 35.6 Å². The monoisotopic (exact) mass is 217 g/mol. The van der Waals surface area contributed by atoms with Gasteiger partial charge >= 0.3 is 0 Å². The second-order valence-corrected chi connectivity index (χ2v) is 3.12. The molecular weight excluding hydrogens is 209 g/mol. The molecule has 1 aromatic rings. The Hall–Kier alpha value is -0.410. The molecule has 0 fully saturated rings. The third-order valence-electron chi connectivity index (χ3n) is 1.39. The summed E-state index contributed by atoms with van der Waals surface area (Å²) < 4.78 is 12.6. The number of hydrogen-bond donors (Lipinski definition) is 1. The van der Waals surface area contributed by atoms with E-state index in [4.69, 9.17) is 0 Å². The second kappa shape index (κ2) is 3.83. The molecule has 0 heterocycles. The van der Waals surface area contributed by atoms with E-state index in [2.05, 4.69) is 21.2 Å². The summed E-state index contributed by atoms with van der Waals surface area (Å²) in [6.07, 6.45) is 0. The van der Waals surface area contributed by atoms with Crippen LogP contribution in [0.25, 0.3) is 0 Å². The quantitative estimate of drug-likeness (QED) is 0.593. The zero-order chi connectivity index (χ0) is 8.27. The molecule has 0 aromatic heterocycles. The van der Waals surface area contributed by atoms with Crippen molar-refractivity contribution in [3.63, 3.8) is 0 Å². The number of nitrogens with one attached hydrogen (secondary N) is 1. The second-order valence-electron chi connectivity index (χ2n) is 2.21. The highest BCUT2D eigenvalue weighted by atomic mass is 79.9. The van der Waals surface area contributed by atoms with E-state index in [0.29, 0.717) is 0 Å². The molecule has 1 aromatic carbocycles. The lowest BCUT2D eigenvalue weighted by atomic mass is 10.2. The SMILES string of the molecule is CNC(Br)c1cccc(F)c1. The molecule has 0 spiro atoms. The van der Waals surface area contributed by atoms with Crippen LogP contribution >= 0.6 is 15.9 Å². The maximum atomic E-state index is 12.6. The van der Waals surface area contributed by atoms with Gasteiger partial charge in [0.2, 0.25) is 0 Å². The zero-order valence-electron chi connectivity index (χ0n) is 6.14. The van der Waals surface area contributed by atoms with Crippen molar-refractivity contribution >= 4 is 15.9 Å². The molecule has 0 saturated carbocycles. The van der Waals surface area contributed by atoms with Gasteiger partial charge in [0.1, 0.15) is 5.82 Å². The van der Waals surface area contributed by atoms with Crippen molar-refractivity contribution in [1.29, 1.82) is 0 Å². The van der Waals surface area contributed by atoms with E-state index in [1.54, 1.807) is 6.07 Å². The number of halogens is 2. The summed E-state index contributed by atoms with van der Waals surface area (Å²) in [4.78, 5) is 0.0261. The van der Waals surface area contributed by atoms with Crippen LogP contribution in [0.4, 0.5) is 4.39 Å². The molecule has 60 valence electrons. The lowest BCUT2D eigenvalue weighted by Crippen LogP contribution is -2.09. The normalized spacial score (nSPS) is 13.0. The molecule has 0 saturated heterocycles. The zero-order valence-corrected chi connectivity index (χ0v) is 7.73. The summed E-state index contributed by atoms with van der Waals surface area (Å²) in [7, 11) is 1.81. The molecule has 1 rings (SSSR count). The van der Waals surface area contributed by atoms with Crippen molar-refractivity contribution in [2.45, 2.75) is 4.95 Å². The minimum atomic E-state index is -0.206. The van der Waals surface area contributed by atoms with Crippen LogP contribution in [0.15, 0.2) is 24.3 Å². The van der Waals surface area contributed by atoms with E-state index in [9.17, 15) is 4.39 Å². The van der Waals surface area contributed by atoms with Crippen molar-refractivity contribution in [1.82, 2.24) is 5.32 Å². The maximum Gasteiger partial charge on any atom is 0.123 e. The average Bonchev–Trinajstić information content (AvgIpc) is 2.03. The number of rotatable bonds is 2. The molecule has 1 N–H and O–H groups in total. The summed E-state index contributed by atoms with van der Waals surface area (Å²) in [6.45, 7) is 0. The minimum absolute atomic E-state index is 0.0261. The fraction of sp³-hybridized carbons (Fsp3) is 0.250. The summed E-state index contributed by atoms with van der Waals surface area (Å²) in [5, 5.41) is 2.96. The fourth-order valence-corrected chi connectivity index (χ4v) is 1.12. The Balaban J connectivity index is 2.86. The lowest BCUT2D eigenvalue weighted by molar-refractivity contribution is 0.623. The molecule has 3 heteroatoms. The van der Waals surface area contributed by atoms with E-state index in [-0.39, 0.29) is 10.8 Å². The van der Waals surface area contributed by atoms with Crippen molar-refractivity contribution in [2.75, 3.05) is 7.05 Å². The Morgan fingerprint density at radius 1 is 1.55 bits per heavy atom. The van der Waals surface area contributed by atoms with E-state index < -0.39 is 0 Å². The van der Waals surface area contributed by atoms with Crippen molar-refractivity contribution in [2.24, 2.45) is 0 Å². The summed E-state index contributed by atoms with van der Waals surface area (Å²) in [6, 6.07) is 6.48. The Labute approximate surface area is 73.7 Å². The topological polar surface area (TPSA) is 12.0 Å². The van der Waals surface area contributed by atoms with Gasteiger partial charge in [0.15, 0.2) is 0 Å². The first-order chi connectivity index (χ1) is 5.24. The van der Waals surface area contributed by atoms with Crippen LogP contribution in [0.5, 0.6) is 0 Å².